The van der Waals surface area contributed by atoms with E-state index in [0.717, 1.165) is 0 Å². The molecular weight excluding hydrogens is 402 g/mol. The fourth-order valence-electron chi connectivity index (χ4n) is 2.66. The molecule has 0 saturated carbocycles. The molecule has 0 unspecified atom stereocenters. The molecule has 0 aromatic heterocycles. The number of rotatable bonds is 8. The number of methoxy groups -OCH3 is 2. The van der Waals surface area contributed by atoms with E-state index in [9.17, 15) is 18.0 Å². The Morgan fingerprint density at radius 2 is 1.90 bits per heavy atom. The van der Waals surface area contributed by atoms with E-state index >= 15 is 0 Å². The lowest BCUT2D eigenvalue weighted by atomic mass is 10.1. The number of carbonyl (C=O) groups excluding carboxylic acids is 2. The van der Waals surface area contributed by atoms with Crippen LogP contribution in [-0.4, -0.2) is 78.1 Å². The number of carbonyl (C=O) groups is 2. The van der Waals surface area contributed by atoms with Gasteiger partial charge in [0.05, 0.1) is 51.0 Å². The van der Waals surface area contributed by atoms with Crippen molar-refractivity contribution in [3.8, 4) is 23.8 Å². The SMILES string of the molecule is C#CCNC(=O)CNC(=O)c1cc(S(=O)(=O)N2CCOCC2)cc(OC)c1OC. The van der Waals surface area contributed by atoms with E-state index in [1.807, 2.05) is 0 Å². The smallest absolute Gasteiger partial charge is 0.255 e. The van der Waals surface area contributed by atoms with Crippen LogP contribution in [0.5, 0.6) is 11.5 Å². The van der Waals surface area contributed by atoms with Crippen LogP contribution in [0.2, 0.25) is 0 Å². The van der Waals surface area contributed by atoms with E-state index in [4.69, 9.17) is 20.6 Å². The van der Waals surface area contributed by atoms with Crippen LogP contribution < -0.4 is 20.1 Å². The van der Waals surface area contributed by atoms with E-state index in [1.54, 1.807) is 0 Å². The fraction of sp³-hybridized carbons (Fsp3) is 0.444. The molecule has 1 fully saturated rings. The third-order valence-corrected chi connectivity index (χ3v) is 5.98. The molecule has 0 bridgehead atoms. The summed E-state index contributed by atoms with van der Waals surface area (Å²) in [4.78, 5) is 24.2. The maximum Gasteiger partial charge on any atom is 0.255 e. The normalized spacial score (nSPS) is 14.5. The summed E-state index contributed by atoms with van der Waals surface area (Å²) in [6, 6.07) is 2.49. The highest BCUT2D eigenvalue weighted by Crippen LogP contribution is 2.35. The average Bonchev–Trinajstić information content (AvgIpc) is 2.75. The van der Waals surface area contributed by atoms with Crippen molar-refractivity contribution in [2.75, 3.05) is 53.6 Å². The van der Waals surface area contributed by atoms with Gasteiger partial charge >= 0.3 is 0 Å². The number of amides is 2. The Morgan fingerprint density at radius 1 is 1.21 bits per heavy atom. The third-order valence-electron chi connectivity index (χ3n) is 4.10. The Hall–Kier alpha value is -2.81. The quantitative estimate of drug-likeness (QED) is 0.523. The topological polar surface area (TPSA) is 123 Å². The Kier molecular flexibility index (Phi) is 7.83. The zero-order valence-electron chi connectivity index (χ0n) is 16.2. The highest BCUT2D eigenvalue weighted by Gasteiger charge is 2.30. The number of hydrogen-bond donors (Lipinski definition) is 2. The van der Waals surface area contributed by atoms with Crippen molar-refractivity contribution < 1.29 is 32.2 Å². The van der Waals surface area contributed by atoms with E-state index in [1.165, 1.54) is 30.7 Å². The van der Waals surface area contributed by atoms with Crippen LogP contribution in [0.25, 0.3) is 0 Å². The Bertz CT molecular complexity index is 903. The fourth-order valence-corrected chi connectivity index (χ4v) is 4.11. The summed E-state index contributed by atoms with van der Waals surface area (Å²) in [7, 11) is -1.23. The summed E-state index contributed by atoms with van der Waals surface area (Å²) in [5.74, 6) is 1.18. The van der Waals surface area contributed by atoms with Crippen molar-refractivity contribution >= 4 is 21.8 Å². The average molecular weight is 425 g/mol. The molecule has 2 amide bonds. The van der Waals surface area contributed by atoms with Crippen LogP contribution in [0.3, 0.4) is 0 Å². The lowest BCUT2D eigenvalue weighted by Gasteiger charge is -2.26. The van der Waals surface area contributed by atoms with Gasteiger partial charge in [-0.1, -0.05) is 5.92 Å². The van der Waals surface area contributed by atoms with Gasteiger partial charge in [0.2, 0.25) is 15.9 Å². The van der Waals surface area contributed by atoms with Crippen LogP contribution in [-0.2, 0) is 19.6 Å². The van der Waals surface area contributed by atoms with Gasteiger partial charge in [-0.2, -0.15) is 4.31 Å². The first-order valence-corrected chi connectivity index (χ1v) is 10.1. The zero-order valence-corrected chi connectivity index (χ0v) is 17.0. The zero-order chi connectivity index (χ0) is 21.4. The molecule has 158 valence electrons. The summed E-state index contributed by atoms with van der Waals surface area (Å²) < 4.78 is 42.9. The predicted molar refractivity (Wildman–Crippen MR) is 103 cm³/mol. The van der Waals surface area contributed by atoms with Crippen molar-refractivity contribution in [1.82, 2.24) is 14.9 Å². The van der Waals surface area contributed by atoms with Gasteiger partial charge in [0.1, 0.15) is 0 Å². The van der Waals surface area contributed by atoms with Crippen molar-refractivity contribution in [2.45, 2.75) is 4.90 Å². The first kappa shape index (κ1) is 22.5. The molecule has 0 atom stereocenters. The van der Waals surface area contributed by atoms with E-state index in [2.05, 4.69) is 16.6 Å². The van der Waals surface area contributed by atoms with Gasteiger partial charge in [-0.25, -0.2) is 8.42 Å². The summed E-state index contributed by atoms with van der Waals surface area (Å²) in [5.41, 5.74) is -0.0802. The molecule has 29 heavy (non-hydrogen) atoms. The molecule has 1 aliphatic rings. The molecule has 0 spiro atoms. The van der Waals surface area contributed by atoms with E-state index in [-0.39, 0.29) is 61.4 Å². The largest absolute Gasteiger partial charge is 0.493 e. The Balaban J connectivity index is 2.35. The molecular formula is C18H23N3O7S. The minimum absolute atomic E-state index is 0.0269. The summed E-state index contributed by atoms with van der Waals surface area (Å²) in [6.45, 7) is 0.659. The highest BCUT2D eigenvalue weighted by atomic mass is 32.2. The molecule has 0 radical (unpaired) electrons. The first-order valence-electron chi connectivity index (χ1n) is 8.67. The van der Waals surface area contributed by atoms with Gasteiger partial charge in [0.25, 0.3) is 5.91 Å². The lowest BCUT2D eigenvalue weighted by molar-refractivity contribution is -0.119. The highest BCUT2D eigenvalue weighted by molar-refractivity contribution is 7.89. The van der Waals surface area contributed by atoms with Gasteiger partial charge in [-0.3, -0.25) is 9.59 Å². The van der Waals surface area contributed by atoms with Crippen molar-refractivity contribution in [3.63, 3.8) is 0 Å². The van der Waals surface area contributed by atoms with Gasteiger partial charge in [0, 0.05) is 19.2 Å². The number of ether oxygens (including phenoxy) is 3. The Morgan fingerprint density at radius 3 is 2.48 bits per heavy atom. The molecule has 1 aromatic rings. The maximum absolute atomic E-state index is 13.0. The molecule has 1 saturated heterocycles. The molecule has 1 aliphatic heterocycles. The number of benzene rings is 1. The number of nitrogens with one attached hydrogen (secondary N) is 2. The van der Waals surface area contributed by atoms with Crippen LogP contribution >= 0.6 is 0 Å². The summed E-state index contributed by atoms with van der Waals surface area (Å²) >= 11 is 0. The van der Waals surface area contributed by atoms with Crippen LogP contribution in [0.4, 0.5) is 0 Å². The van der Waals surface area contributed by atoms with Gasteiger partial charge < -0.3 is 24.8 Å². The second-order valence-electron chi connectivity index (χ2n) is 5.89. The van der Waals surface area contributed by atoms with E-state index < -0.39 is 21.8 Å². The molecule has 2 N–H and O–H groups in total. The van der Waals surface area contributed by atoms with Gasteiger partial charge in [-0.05, 0) is 6.07 Å². The van der Waals surface area contributed by atoms with E-state index in [0.29, 0.717) is 0 Å². The molecule has 10 nitrogen and oxygen atoms in total. The monoisotopic (exact) mass is 425 g/mol. The molecule has 1 aromatic carbocycles. The molecule has 2 rings (SSSR count). The summed E-state index contributed by atoms with van der Waals surface area (Å²) in [5, 5.41) is 4.82. The van der Waals surface area contributed by atoms with Gasteiger partial charge in [-0.15, -0.1) is 6.42 Å². The number of morpholine rings is 1. The molecule has 1 heterocycles. The maximum atomic E-state index is 13.0. The number of nitrogens with zero attached hydrogens (tertiary/aromatic N) is 1. The second-order valence-corrected chi connectivity index (χ2v) is 7.82. The second kappa shape index (κ2) is 10.1. The standard InChI is InChI=1S/C18H23N3O7S/c1-4-5-19-16(22)12-20-18(23)14-10-13(11-15(26-2)17(14)27-3)29(24,25)21-6-8-28-9-7-21/h1,10-11H,5-9,12H2,2-3H3,(H,19,22)(H,20,23). The summed E-state index contributed by atoms with van der Waals surface area (Å²) in [6.07, 6.45) is 5.06. The van der Waals surface area contributed by atoms with Crippen molar-refractivity contribution in [2.24, 2.45) is 0 Å². The van der Waals surface area contributed by atoms with Gasteiger partial charge in [0.15, 0.2) is 11.5 Å². The number of terminal acetylenes is 1. The molecule has 0 aliphatic carbocycles. The van der Waals surface area contributed by atoms with Crippen LogP contribution in [0, 0.1) is 12.3 Å². The lowest BCUT2D eigenvalue weighted by Crippen LogP contribution is -2.40. The van der Waals surface area contributed by atoms with Crippen LogP contribution in [0.1, 0.15) is 10.4 Å². The minimum Gasteiger partial charge on any atom is -0.493 e. The molecule has 11 heteroatoms. The van der Waals surface area contributed by atoms with Crippen LogP contribution in [0.15, 0.2) is 17.0 Å². The third kappa shape index (κ3) is 5.38. The van der Waals surface area contributed by atoms with Crippen molar-refractivity contribution in [1.29, 1.82) is 0 Å². The number of sulfonamides is 1. The first-order chi connectivity index (χ1) is 13.8. The number of hydrogen-bond acceptors (Lipinski definition) is 7. The predicted octanol–water partition coefficient (Wildman–Crippen LogP) is -0.796. The Labute approximate surface area is 169 Å². The van der Waals surface area contributed by atoms with Crippen molar-refractivity contribution in [3.05, 3.63) is 17.7 Å². The minimum atomic E-state index is -3.88.